The summed E-state index contributed by atoms with van der Waals surface area (Å²) in [4.78, 5) is 6.35. The molecule has 4 heteroatoms. The third-order valence-electron chi connectivity index (χ3n) is 6.99. The average Bonchev–Trinajstić information content (AvgIpc) is 3.02. The summed E-state index contributed by atoms with van der Waals surface area (Å²) < 4.78 is 0. The van der Waals surface area contributed by atoms with Crippen LogP contribution in [-0.4, -0.2) is 24.4 Å². The highest BCUT2D eigenvalue weighted by atomic mass is 15.2. The minimum Gasteiger partial charge on any atom is -0.291 e. The number of benzene rings is 5. The van der Waals surface area contributed by atoms with E-state index in [2.05, 4.69) is 103 Å². The van der Waals surface area contributed by atoms with Gasteiger partial charge in [-0.2, -0.15) is 0 Å². The van der Waals surface area contributed by atoms with Gasteiger partial charge in [0.25, 0.3) is 0 Å². The van der Waals surface area contributed by atoms with Crippen molar-refractivity contribution in [1.29, 1.82) is 10.8 Å². The minimum atomic E-state index is 0.00521. The molecule has 5 rings (SSSR count). The minimum absolute atomic E-state index is 0.00521. The number of nitrogens with zero attached hydrogens (tertiary/aromatic N) is 2. The van der Waals surface area contributed by atoms with Gasteiger partial charge in [-0.15, -0.1) is 6.58 Å². The zero-order chi connectivity index (χ0) is 29.4. The Morgan fingerprint density at radius 1 is 0.732 bits per heavy atom. The summed E-state index contributed by atoms with van der Waals surface area (Å²) >= 11 is 0. The molecule has 0 saturated heterocycles. The number of para-hydroxylation sites is 1. The fraction of sp³-hybridized carbons (Fsp3) is 0.162. The van der Waals surface area contributed by atoms with Gasteiger partial charge in [-0.25, -0.2) is 0 Å². The summed E-state index contributed by atoms with van der Waals surface area (Å²) in [6, 6.07) is 35.5. The number of anilines is 1. The standard InChI is InChI=1S/C35H32N4.C2H6/c1-4-22-38-33(24(2)3)35(37)39(23-36)34-31(29-18-9-14-25-12-5-7-16-27(25)29)20-11-21-32(34)30-19-10-15-26-13-6-8-17-28(26)30;1-2/h4-21,23-24,36-37H,1,22H2,2-3H3;1-2H3. The predicted molar refractivity (Wildman–Crippen MR) is 180 cm³/mol. The molecule has 0 amide bonds. The molecule has 4 nitrogen and oxygen atoms in total. The molecule has 0 aliphatic carbocycles. The van der Waals surface area contributed by atoms with Gasteiger partial charge in [0.05, 0.1) is 24.3 Å². The number of rotatable bonds is 8. The van der Waals surface area contributed by atoms with E-state index in [-0.39, 0.29) is 11.8 Å². The van der Waals surface area contributed by atoms with Crippen LogP contribution >= 0.6 is 0 Å². The van der Waals surface area contributed by atoms with E-state index >= 15 is 0 Å². The van der Waals surface area contributed by atoms with Crippen molar-refractivity contribution in [2.75, 3.05) is 11.4 Å². The maximum atomic E-state index is 9.30. The summed E-state index contributed by atoms with van der Waals surface area (Å²) in [7, 11) is 0. The van der Waals surface area contributed by atoms with Crippen LogP contribution in [0.25, 0.3) is 43.8 Å². The SMILES string of the molecule is C=CCN=C(C(=N)N(C=N)c1c(-c2cccc3ccccc23)cccc1-c1cccc2ccccc12)C(C)C.CC. The van der Waals surface area contributed by atoms with Crippen molar-refractivity contribution in [2.45, 2.75) is 27.7 Å². The molecule has 0 spiro atoms. The molecule has 5 aromatic carbocycles. The van der Waals surface area contributed by atoms with Crippen molar-refractivity contribution in [2.24, 2.45) is 10.9 Å². The van der Waals surface area contributed by atoms with Gasteiger partial charge in [0, 0.05) is 11.1 Å². The maximum absolute atomic E-state index is 9.30. The molecule has 2 N–H and O–H groups in total. The van der Waals surface area contributed by atoms with Crippen LogP contribution in [-0.2, 0) is 0 Å². The van der Waals surface area contributed by atoms with Gasteiger partial charge in [-0.05, 0) is 38.6 Å². The van der Waals surface area contributed by atoms with E-state index in [1.165, 1.54) is 6.34 Å². The number of nitrogens with one attached hydrogen (secondary N) is 2. The molecule has 0 unspecified atom stereocenters. The Balaban J connectivity index is 0.00000189. The molecule has 0 bridgehead atoms. The lowest BCUT2D eigenvalue weighted by Crippen LogP contribution is -2.38. The van der Waals surface area contributed by atoms with Gasteiger partial charge in [0.15, 0.2) is 5.84 Å². The Hall–Kier alpha value is -4.83. The van der Waals surface area contributed by atoms with Crippen LogP contribution in [0.15, 0.2) is 121 Å². The number of amidine groups is 1. The normalized spacial score (nSPS) is 11.2. The second-order valence-corrected chi connectivity index (χ2v) is 9.77. The van der Waals surface area contributed by atoms with E-state index in [4.69, 9.17) is 5.41 Å². The first-order valence-corrected chi connectivity index (χ1v) is 14.2. The average molecular weight is 539 g/mol. The van der Waals surface area contributed by atoms with E-state index < -0.39 is 0 Å². The molecule has 0 fully saturated rings. The summed E-state index contributed by atoms with van der Waals surface area (Å²) in [6.07, 6.45) is 2.97. The highest BCUT2D eigenvalue weighted by Gasteiger charge is 2.25. The van der Waals surface area contributed by atoms with Crippen LogP contribution in [0, 0.1) is 16.7 Å². The quantitative estimate of drug-likeness (QED) is 0.115. The van der Waals surface area contributed by atoms with Crippen molar-refractivity contribution >= 4 is 45.1 Å². The zero-order valence-corrected chi connectivity index (χ0v) is 24.4. The van der Waals surface area contributed by atoms with Crippen LogP contribution in [0.5, 0.6) is 0 Å². The first kappa shape index (κ1) is 29.2. The lowest BCUT2D eigenvalue weighted by molar-refractivity contribution is 0.884. The number of hydrogen-bond donors (Lipinski definition) is 2. The fourth-order valence-electron chi connectivity index (χ4n) is 5.22. The molecule has 0 atom stereocenters. The lowest BCUT2D eigenvalue weighted by atomic mass is 9.90. The van der Waals surface area contributed by atoms with Gasteiger partial charge < -0.3 is 0 Å². The van der Waals surface area contributed by atoms with Crippen molar-refractivity contribution in [3.63, 3.8) is 0 Å². The van der Waals surface area contributed by atoms with Crippen LogP contribution in [0.3, 0.4) is 0 Å². The third kappa shape index (κ3) is 5.87. The van der Waals surface area contributed by atoms with Crippen molar-refractivity contribution in [3.8, 4) is 22.3 Å². The maximum Gasteiger partial charge on any atom is 0.152 e. The van der Waals surface area contributed by atoms with E-state index in [1.54, 1.807) is 11.0 Å². The molecular weight excluding hydrogens is 500 g/mol. The number of hydrogen-bond acceptors (Lipinski definition) is 3. The van der Waals surface area contributed by atoms with Crippen molar-refractivity contribution < 1.29 is 0 Å². The van der Waals surface area contributed by atoms with E-state index in [0.717, 1.165) is 49.5 Å². The topological polar surface area (TPSA) is 63.3 Å². The van der Waals surface area contributed by atoms with E-state index in [0.29, 0.717) is 12.3 Å². The first-order valence-electron chi connectivity index (χ1n) is 14.2. The Labute approximate surface area is 243 Å². The monoisotopic (exact) mass is 538 g/mol. The van der Waals surface area contributed by atoms with Gasteiger partial charge >= 0.3 is 0 Å². The molecule has 0 aromatic heterocycles. The smallest absolute Gasteiger partial charge is 0.152 e. The Morgan fingerprint density at radius 3 is 1.63 bits per heavy atom. The van der Waals surface area contributed by atoms with E-state index in [9.17, 15) is 5.41 Å². The van der Waals surface area contributed by atoms with Gasteiger partial charge in [0.1, 0.15) is 0 Å². The third-order valence-corrected chi connectivity index (χ3v) is 6.99. The summed E-state index contributed by atoms with van der Waals surface area (Å²) in [5, 5.41) is 22.4. The molecule has 5 aromatic rings. The Kier molecular flexibility index (Phi) is 9.60. The lowest BCUT2D eigenvalue weighted by Gasteiger charge is -2.28. The molecule has 206 valence electrons. The second-order valence-electron chi connectivity index (χ2n) is 9.77. The van der Waals surface area contributed by atoms with E-state index in [1.807, 2.05) is 39.8 Å². The summed E-state index contributed by atoms with van der Waals surface area (Å²) in [5.41, 5.74) is 5.44. The molecule has 0 aliphatic heterocycles. The molecule has 41 heavy (non-hydrogen) atoms. The molecule has 0 saturated carbocycles. The van der Waals surface area contributed by atoms with Crippen molar-refractivity contribution in [3.05, 3.63) is 116 Å². The Morgan fingerprint density at radius 2 is 1.17 bits per heavy atom. The van der Waals surface area contributed by atoms with Crippen LogP contribution in [0.1, 0.15) is 27.7 Å². The molecule has 0 radical (unpaired) electrons. The van der Waals surface area contributed by atoms with Crippen molar-refractivity contribution in [1.82, 2.24) is 0 Å². The largest absolute Gasteiger partial charge is 0.291 e. The predicted octanol–water partition coefficient (Wildman–Crippen LogP) is 10.0. The molecular formula is C37H38N4. The first-order chi connectivity index (χ1) is 20.0. The van der Waals surface area contributed by atoms with Gasteiger partial charge in [0.2, 0.25) is 0 Å². The second kappa shape index (κ2) is 13.5. The molecule has 0 heterocycles. The number of aliphatic imine (C=N–C) groups is 1. The van der Waals surface area contributed by atoms with Gasteiger partial charge in [-0.3, -0.25) is 20.7 Å². The summed E-state index contributed by atoms with van der Waals surface area (Å²) in [6.45, 7) is 12.3. The van der Waals surface area contributed by atoms with Crippen LogP contribution in [0.2, 0.25) is 0 Å². The highest BCUT2D eigenvalue weighted by Crippen LogP contribution is 2.43. The van der Waals surface area contributed by atoms with Crippen LogP contribution < -0.4 is 4.90 Å². The zero-order valence-electron chi connectivity index (χ0n) is 24.4. The molecule has 0 aliphatic rings. The fourth-order valence-corrected chi connectivity index (χ4v) is 5.22. The summed E-state index contributed by atoms with van der Waals surface area (Å²) in [5.74, 6) is 0.196. The highest BCUT2D eigenvalue weighted by molar-refractivity contribution is 6.49. The Bertz CT molecular complexity index is 1620. The number of fused-ring (bicyclic) bond motifs is 2. The van der Waals surface area contributed by atoms with Crippen LogP contribution in [0.4, 0.5) is 5.69 Å². The van der Waals surface area contributed by atoms with Gasteiger partial charge in [-0.1, -0.05) is 137 Å².